The molecular weight excluding hydrogens is 176 g/mol. The second-order valence-corrected chi connectivity index (χ2v) is 5.76. The molecule has 0 nitrogen and oxygen atoms in total. The second kappa shape index (κ2) is 3.20. The maximum absolute atomic E-state index is 2.36. The molecule has 0 aromatic heterocycles. The van der Waals surface area contributed by atoms with Crippen LogP contribution in [0.3, 0.4) is 0 Å². The third-order valence-corrected chi connectivity index (χ3v) is 5.31. The van der Waals surface area contributed by atoms with Crippen molar-refractivity contribution in [1.82, 2.24) is 0 Å². The lowest BCUT2D eigenvalue weighted by Gasteiger charge is -2.27. The minimum absolute atomic E-state index is 0.917. The monoisotopic (exact) mass is 192 g/mol. The van der Waals surface area contributed by atoms with Crippen molar-refractivity contribution in [2.75, 3.05) is 0 Å². The van der Waals surface area contributed by atoms with Crippen LogP contribution in [0.2, 0.25) is 0 Å². The van der Waals surface area contributed by atoms with Crippen molar-refractivity contribution >= 4 is 11.8 Å². The zero-order valence-electron chi connectivity index (χ0n) is 7.91. The smallest absolute Gasteiger partial charge is 0.0126 e. The van der Waals surface area contributed by atoms with E-state index >= 15 is 0 Å². The third kappa shape index (κ3) is 1.28. The van der Waals surface area contributed by atoms with Crippen LogP contribution in [0.4, 0.5) is 0 Å². The molecule has 2 fully saturated rings. The highest BCUT2D eigenvalue weighted by molar-refractivity contribution is 8.04. The molecule has 1 saturated carbocycles. The summed E-state index contributed by atoms with van der Waals surface area (Å²) in [5.41, 5.74) is 0. The van der Waals surface area contributed by atoms with Crippen molar-refractivity contribution in [2.24, 2.45) is 11.8 Å². The number of hydrogen-bond acceptors (Lipinski definition) is 1. The Bertz CT molecular complexity index is 264. The highest BCUT2D eigenvalue weighted by atomic mass is 32.2. The summed E-state index contributed by atoms with van der Waals surface area (Å²) in [6.07, 6.45) is 14.2. The molecule has 1 saturated heterocycles. The second-order valence-electron chi connectivity index (χ2n) is 4.44. The quantitative estimate of drug-likeness (QED) is 0.563. The molecule has 3 atom stereocenters. The molecule has 3 aliphatic rings. The van der Waals surface area contributed by atoms with Gasteiger partial charge >= 0.3 is 0 Å². The zero-order valence-corrected chi connectivity index (χ0v) is 8.72. The summed E-state index contributed by atoms with van der Waals surface area (Å²) in [4.78, 5) is 1.69. The lowest BCUT2D eigenvalue weighted by molar-refractivity contribution is 0.308. The van der Waals surface area contributed by atoms with Crippen LogP contribution in [-0.2, 0) is 0 Å². The summed E-state index contributed by atoms with van der Waals surface area (Å²) in [5.74, 6) is 1.94. The number of hydrogen-bond donors (Lipinski definition) is 0. The van der Waals surface area contributed by atoms with E-state index in [1.54, 1.807) is 4.91 Å². The molecule has 3 rings (SSSR count). The van der Waals surface area contributed by atoms with E-state index in [9.17, 15) is 0 Å². The Morgan fingerprint density at radius 1 is 1.23 bits per heavy atom. The van der Waals surface area contributed by atoms with Crippen LogP contribution in [0.15, 0.2) is 23.1 Å². The average Bonchev–Trinajstić information content (AvgIpc) is 2.56. The maximum Gasteiger partial charge on any atom is 0.0126 e. The van der Waals surface area contributed by atoms with Crippen LogP contribution in [0.1, 0.15) is 32.1 Å². The van der Waals surface area contributed by atoms with Gasteiger partial charge in [0.05, 0.1) is 0 Å². The predicted octanol–water partition coefficient (Wildman–Crippen LogP) is 3.75. The highest BCUT2D eigenvalue weighted by Crippen LogP contribution is 2.54. The molecule has 0 spiro atoms. The average molecular weight is 192 g/mol. The molecule has 1 heteroatoms. The lowest BCUT2D eigenvalue weighted by Crippen LogP contribution is -2.22. The summed E-state index contributed by atoms with van der Waals surface area (Å²) in [7, 11) is 0. The molecule has 3 unspecified atom stereocenters. The van der Waals surface area contributed by atoms with Crippen LogP contribution >= 0.6 is 11.8 Å². The molecule has 2 aliphatic carbocycles. The number of fused-ring (bicyclic) bond motifs is 3. The third-order valence-electron chi connectivity index (χ3n) is 3.71. The summed E-state index contributed by atoms with van der Waals surface area (Å²) in [6, 6.07) is 0. The van der Waals surface area contributed by atoms with Gasteiger partial charge in [0.15, 0.2) is 0 Å². The van der Waals surface area contributed by atoms with Gasteiger partial charge in [0.1, 0.15) is 0 Å². The summed E-state index contributed by atoms with van der Waals surface area (Å²) < 4.78 is 0. The highest BCUT2D eigenvalue weighted by Gasteiger charge is 2.40. The molecule has 0 bridgehead atoms. The van der Waals surface area contributed by atoms with Crippen LogP contribution in [0.25, 0.3) is 0 Å². The Morgan fingerprint density at radius 2 is 2.15 bits per heavy atom. The first-order valence-corrected chi connectivity index (χ1v) is 6.36. The molecule has 0 aromatic rings. The van der Waals surface area contributed by atoms with E-state index in [2.05, 4.69) is 30.0 Å². The van der Waals surface area contributed by atoms with E-state index in [4.69, 9.17) is 0 Å². The van der Waals surface area contributed by atoms with Gasteiger partial charge in [-0.15, -0.1) is 11.8 Å². The minimum atomic E-state index is 0.917. The van der Waals surface area contributed by atoms with Gasteiger partial charge in [-0.3, -0.25) is 0 Å². The predicted molar refractivity (Wildman–Crippen MR) is 58.7 cm³/mol. The van der Waals surface area contributed by atoms with E-state index in [0.29, 0.717) is 0 Å². The first-order valence-electron chi connectivity index (χ1n) is 5.48. The van der Waals surface area contributed by atoms with Gasteiger partial charge in [-0.1, -0.05) is 31.1 Å². The van der Waals surface area contributed by atoms with Crippen molar-refractivity contribution in [1.29, 1.82) is 0 Å². The molecule has 0 N–H and O–H groups in total. The van der Waals surface area contributed by atoms with Crippen LogP contribution in [-0.4, -0.2) is 5.25 Å². The van der Waals surface area contributed by atoms with Gasteiger partial charge in [-0.25, -0.2) is 0 Å². The Balaban J connectivity index is 1.87. The standard InChI is InChI=1S/C12H16S/c1-3-7-11-9(5-1)10-6-2-4-8-12(10)13-11/h1,3,7,9-10,12H,2,4-6,8H2. The molecule has 13 heavy (non-hydrogen) atoms. The normalized spacial score (nSPS) is 42.5. The van der Waals surface area contributed by atoms with Crippen LogP contribution < -0.4 is 0 Å². The van der Waals surface area contributed by atoms with Gasteiger partial charge in [-0.2, -0.15) is 0 Å². The van der Waals surface area contributed by atoms with E-state index in [-0.39, 0.29) is 0 Å². The van der Waals surface area contributed by atoms with Crippen molar-refractivity contribution in [3.05, 3.63) is 23.1 Å². The Morgan fingerprint density at radius 3 is 3.15 bits per heavy atom. The van der Waals surface area contributed by atoms with Crippen molar-refractivity contribution in [3.8, 4) is 0 Å². The van der Waals surface area contributed by atoms with Crippen LogP contribution in [0.5, 0.6) is 0 Å². The molecule has 0 amide bonds. The Kier molecular flexibility index (Phi) is 2.01. The Hall–Kier alpha value is -0.170. The number of thioether (sulfide) groups is 1. The van der Waals surface area contributed by atoms with E-state index < -0.39 is 0 Å². The first-order chi connectivity index (χ1) is 6.45. The van der Waals surface area contributed by atoms with Crippen molar-refractivity contribution in [3.63, 3.8) is 0 Å². The van der Waals surface area contributed by atoms with E-state index in [0.717, 1.165) is 17.1 Å². The van der Waals surface area contributed by atoms with Gasteiger partial charge in [0.25, 0.3) is 0 Å². The molecule has 0 radical (unpaired) electrons. The fourth-order valence-electron chi connectivity index (χ4n) is 3.05. The van der Waals surface area contributed by atoms with Gasteiger partial charge in [-0.05, 0) is 36.0 Å². The lowest BCUT2D eigenvalue weighted by atomic mass is 9.77. The SMILES string of the molecule is C1=CCC2C(=C1)SC1CCCCC12. The topological polar surface area (TPSA) is 0 Å². The summed E-state index contributed by atoms with van der Waals surface area (Å²) in [5, 5.41) is 0.977. The van der Waals surface area contributed by atoms with Gasteiger partial charge < -0.3 is 0 Å². The fourth-order valence-corrected chi connectivity index (χ4v) is 4.78. The summed E-state index contributed by atoms with van der Waals surface area (Å²) >= 11 is 2.19. The maximum atomic E-state index is 2.36. The van der Waals surface area contributed by atoms with Gasteiger partial charge in [0, 0.05) is 5.25 Å². The Labute approximate surface area is 84.5 Å². The minimum Gasteiger partial charge on any atom is -0.127 e. The molecule has 70 valence electrons. The fraction of sp³-hybridized carbons (Fsp3) is 0.667. The van der Waals surface area contributed by atoms with Gasteiger partial charge in [0.2, 0.25) is 0 Å². The molecular formula is C12H16S. The zero-order chi connectivity index (χ0) is 8.67. The molecule has 0 aromatic carbocycles. The summed E-state index contributed by atoms with van der Waals surface area (Å²) in [6.45, 7) is 0. The van der Waals surface area contributed by atoms with E-state index in [1.165, 1.54) is 32.1 Å². The van der Waals surface area contributed by atoms with Crippen molar-refractivity contribution < 1.29 is 0 Å². The molecule has 1 heterocycles. The molecule has 1 aliphatic heterocycles. The largest absolute Gasteiger partial charge is 0.127 e. The van der Waals surface area contributed by atoms with Crippen LogP contribution in [0, 0.1) is 11.8 Å². The first kappa shape index (κ1) is 8.16. The van der Waals surface area contributed by atoms with Crippen molar-refractivity contribution in [2.45, 2.75) is 37.4 Å². The number of allylic oxidation sites excluding steroid dienone is 4. The van der Waals surface area contributed by atoms with E-state index in [1.807, 2.05) is 0 Å². The number of rotatable bonds is 0.